The standard InChI is InChI=1S/C20H24FN3O2/c1-14(2)18(24-20(26)23-17-9-4-3-5-10-17)19(25)22-12-11-15-7-6-8-16(21)13-15/h3-10,13-14,18H,11-12H2,1-2H3,(H,22,25)(H2,23,24,26)/t18-/m0/s1. The highest BCUT2D eigenvalue weighted by Crippen LogP contribution is 2.07. The quantitative estimate of drug-likeness (QED) is 0.711. The van der Waals surface area contributed by atoms with Crippen LogP contribution in [0.4, 0.5) is 14.9 Å². The molecule has 5 nitrogen and oxygen atoms in total. The molecule has 0 bridgehead atoms. The number of rotatable bonds is 7. The summed E-state index contributed by atoms with van der Waals surface area (Å²) in [5.41, 5.74) is 1.46. The second-order valence-electron chi connectivity index (χ2n) is 6.36. The van der Waals surface area contributed by atoms with Gasteiger partial charge in [0, 0.05) is 12.2 Å². The van der Waals surface area contributed by atoms with Gasteiger partial charge in [-0.1, -0.05) is 44.2 Å². The minimum absolute atomic E-state index is 0.0781. The number of amides is 3. The Kier molecular flexibility index (Phi) is 7.14. The van der Waals surface area contributed by atoms with Gasteiger partial charge in [-0.3, -0.25) is 4.79 Å². The van der Waals surface area contributed by atoms with E-state index < -0.39 is 12.1 Å². The zero-order chi connectivity index (χ0) is 18.9. The van der Waals surface area contributed by atoms with Gasteiger partial charge in [0.25, 0.3) is 0 Å². The summed E-state index contributed by atoms with van der Waals surface area (Å²) in [5.74, 6) is -0.640. The summed E-state index contributed by atoms with van der Waals surface area (Å²) in [6.45, 7) is 4.09. The molecule has 1 atom stereocenters. The van der Waals surface area contributed by atoms with Crippen LogP contribution in [0.25, 0.3) is 0 Å². The van der Waals surface area contributed by atoms with Crippen molar-refractivity contribution in [2.24, 2.45) is 5.92 Å². The van der Waals surface area contributed by atoms with Gasteiger partial charge in [0.2, 0.25) is 5.91 Å². The lowest BCUT2D eigenvalue weighted by atomic mass is 10.0. The Hall–Kier alpha value is -2.89. The summed E-state index contributed by atoms with van der Waals surface area (Å²) in [7, 11) is 0. The molecule has 6 heteroatoms. The van der Waals surface area contributed by atoms with E-state index in [9.17, 15) is 14.0 Å². The van der Waals surface area contributed by atoms with Crippen molar-refractivity contribution >= 4 is 17.6 Å². The van der Waals surface area contributed by atoms with Crippen LogP contribution in [0.3, 0.4) is 0 Å². The summed E-state index contributed by atoms with van der Waals surface area (Å²) in [5, 5.41) is 8.20. The van der Waals surface area contributed by atoms with Crippen molar-refractivity contribution in [2.75, 3.05) is 11.9 Å². The van der Waals surface area contributed by atoms with Crippen LogP contribution in [0.2, 0.25) is 0 Å². The Bertz CT molecular complexity index is 735. The third-order valence-electron chi connectivity index (χ3n) is 3.87. The predicted molar refractivity (Wildman–Crippen MR) is 100 cm³/mol. The number of anilines is 1. The monoisotopic (exact) mass is 357 g/mol. The van der Waals surface area contributed by atoms with Gasteiger partial charge < -0.3 is 16.0 Å². The van der Waals surface area contributed by atoms with Crippen molar-refractivity contribution in [1.82, 2.24) is 10.6 Å². The van der Waals surface area contributed by atoms with Gasteiger partial charge in [0.15, 0.2) is 0 Å². The maximum absolute atomic E-state index is 13.2. The summed E-state index contributed by atoms with van der Waals surface area (Å²) < 4.78 is 13.2. The lowest BCUT2D eigenvalue weighted by Crippen LogP contribution is -2.51. The number of urea groups is 1. The lowest BCUT2D eigenvalue weighted by molar-refractivity contribution is -0.123. The van der Waals surface area contributed by atoms with Gasteiger partial charge in [0.1, 0.15) is 11.9 Å². The van der Waals surface area contributed by atoms with Crippen molar-refractivity contribution in [3.8, 4) is 0 Å². The molecule has 3 amide bonds. The van der Waals surface area contributed by atoms with Crippen LogP contribution in [0.15, 0.2) is 54.6 Å². The average molecular weight is 357 g/mol. The second-order valence-corrected chi connectivity index (χ2v) is 6.36. The van der Waals surface area contributed by atoms with E-state index in [1.165, 1.54) is 12.1 Å². The first-order valence-electron chi connectivity index (χ1n) is 8.60. The normalized spacial score (nSPS) is 11.7. The number of halogens is 1. The molecule has 0 heterocycles. The van der Waals surface area contributed by atoms with Crippen LogP contribution in [0, 0.1) is 11.7 Å². The molecule has 2 rings (SSSR count). The first-order valence-corrected chi connectivity index (χ1v) is 8.60. The van der Waals surface area contributed by atoms with E-state index in [0.717, 1.165) is 5.56 Å². The molecule has 0 aromatic heterocycles. The highest BCUT2D eigenvalue weighted by atomic mass is 19.1. The molecule has 0 saturated carbocycles. The van der Waals surface area contributed by atoms with E-state index in [4.69, 9.17) is 0 Å². The van der Waals surface area contributed by atoms with Crippen LogP contribution < -0.4 is 16.0 Å². The van der Waals surface area contributed by atoms with Crippen LogP contribution in [-0.4, -0.2) is 24.5 Å². The van der Waals surface area contributed by atoms with Crippen molar-refractivity contribution in [3.63, 3.8) is 0 Å². The van der Waals surface area contributed by atoms with Crippen molar-refractivity contribution in [3.05, 3.63) is 66.0 Å². The molecule has 0 aliphatic heterocycles. The summed E-state index contributed by atoms with van der Waals surface area (Å²) >= 11 is 0. The third kappa shape index (κ3) is 6.20. The van der Waals surface area contributed by atoms with E-state index in [1.54, 1.807) is 24.3 Å². The minimum atomic E-state index is -0.661. The van der Waals surface area contributed by atoms with E-state index in [2.05, 4.69) is 16.0 Å². The first kappa shape index (κ1) is 19.4. The largest absolute Gasteiger partial charge is 0.354 e. The van der Waals surface area contributed by atoms with E-state index in [0.29, 0.717) is 18.7 Å². The van der Waals surface area contributed by atoms with Gasteiger partial charge in [-0.2, -0.15) is 0 Å². The molecule has 0 unspecified atom stereocenters. The Morgan fingerprint density at radius 3 is 2.42 bits per heavy atom. The van der Waals surface area contributed by atoms with Gasteiger partial charge in [-0.05, 0) is 42.2 Å². The van der Waals surface area contributed by atoms with Crippen LogP contribution in [0.1, 0.15) is 19.4 Å². The Morgan fingerprint density at radius 2 is 1.77 bits per heavy atom. The van der Waals surface area contributed by atoms with E-state index in [1.807, 2.05) is 32.0 Å². The summed E-state index contributed by atoms with van der Waals surface area (Å²) in [6.07, 6.45) is 0.518. The highest BCUT2D eigenvalue weighted by molar-refractivity contribution is 5.93. The molecule has 0 aliphatic rings. The number of nitrogens with one attached hydrogen (secondary N) is 3. The number of para-hydroxylation sites is 1. The molecule has 2 aromatic rings. The molecule has 26 heavy (non-hydrogen) atoms. The van der Waals surface area contributed by atoms with Crippen LogP contribution >= 0.6 is 0 Å². The Balaban J connectivity index is 1.85. The molecule has 3 N–H and O–H groups in total. The first-order chi connectivity index (χ1) is 12.5. The van der Waals surface area contributed by atoms with Crippen LogP contribution in [-0.2, 0) is 11.2 Å². The average Bonchev–Trinajstić information content (AvgIpc) is 2.60. The zero-order valence-corrected chi connectivity index (χ0v) is 15.0. The van der Waals surface area contributed by atoms with Crippen LogP contribution in [0.5, 0.6) is 0 Å². The third-order valence-corrected chi connectivity index (χ3v) is 3.87. The van der Waals surface area contributed by atoms with Gasteiger partial charge >= 0.3 is 6.03 Å². The zero-order valence-electron chi connectivity index (χ0n) is 15.0. The molecule has 0 radical (unpaired) electrons. The fraction of sp³-hybridized carbons (Fsp3) is 0.300. The number of carbonyl (C=O) groups excluding carboxylic acids is 2. The minimum Gasteiger partial charge on any atom is -0.354 e. The molecular weight excluding hydrogens is 333 g/mol. The maximum atomic E-state index is 13.2. The summed E-state index contributed by atoms with van der Waals surface area (Å²) in [4.78, 5) is 24.5. The smallest absolute Gasteiger partial charge is 0.319 e. The number of hydrogen-bond acceptors (Lipinski definition) is 2. The molecule has 2 aromatic carbocycles. The Labute approximate surface area is 153 Å². The second kappa shape index (κ2) is 9.56. The fourth-order valence-electron chi connectivity index (χ4n) is 2.50. The highest BCUT2D eigenvalue weighted by Gasteiger charge is 2.23. The SMILES string of the molecule is CC(C)[C@H](NC(=O)Nc1ccccc1)C(=O)NCCc1cccc(F)c1. The topological polar surface area (TPSA) is 70.2 Å². The van der Waals surface area contributed by atoms with Gasteiger partial charge in [-0.15, -0.1) is 0 Å². The van der Waals surface area contributed by atoms with Crippen molar-refractivity contribution in [2.45, 2.75) is 26.3 Å². The number of carbonyl (C=O) groups is 2. The predicted octanol–water partition coefficient (Wildman–Crippen LogP) is 3.33. The number of benzene rings is 2. The summed E-state index contributed by atoms with van der Waals surface area (Å²) in [6, 6.07) is 14.2. The molecule has 0 saturated heterocycles. The van der Waals surface area contributed by atoms with E-state index in [-0.39, 0.29) is 17.6 Å². The maximum Gasteiger partial charge on any atom is 0.319 e. The fourth-order valence-corrected chi connectivity index (χ4v) is 2.50. The van der Waals surface area contributed by atoms with Gasteiger partial charge in [-0.25, -0.2) is 9.18 Å². The van der Waals surface area contributed by atoms with Gasteiger partial charge in [0.05, 0.1) is 0 Å². The van der Waals surface area contributed by atoms with Crippen molar-refractivity contribution < 1.29 is 14.0 Å². The Morgan fingerprint density at radius 1 is 1.04 bits per heavy atom. The molecule has 138 valence electrons. The molecule has 0 spiro atoms. The lowest BCUT2D eigenvalue weighted by Gasteiger charge is -2.22. The van der Waals surface area contributed by atoms with E-state index >= 15 is 0 Å². The molecule has 0 aliphatic carbocycles. The molecular formula is C20H24FN3O2. The number of hydrogen-bond donors (Lipinski definition) is 3. The van der Waals surface area contributed by atoms with Crippen molar-refractivity contribution in [1.29, 1.82) is 0 Å². The molecule has 0 fully saturated rings.